The average molecular weight is 250 g/mol. The molecule has 2 unspecified atom stereocenters. The molecule has 2 rings (SSSR count). The van der Waals surface area contributed by atoms with Gasteiger partial charge >= 0.3 is 5.97 Å². The molecule has 1 aromatic carbocycles. The SMILES string of the molecule is CCC(C)OC(=O)C1(F)CCc2c(C)cccc21. The van der Waals surface area contributed by atoms with Crippen molar-refractivity contribution in [3.63, 3.8) is 0 Å². The Hall–Kier alpha value is -1.38. The first kappa shape index (κ1) is 13.1. The summed E-state index contributed by atoms with van der Waals surface area (Å²) in [6.45, 7) is 5.65. The van der Waals surface area contributed by atoms with Crippen LogP contribution in [0.15, 0.2) is 18.2 Å². The highest BCUT2D eigenvalue weighted by Crippen LogP contribution is 2.42. The van der Waals surface area contributed by atoms with Gasteiger partial charge < -0.3 is 4.74 Å². The Balaban J connectivity index is 2.30. The van der Waals surface area contributed by atoms with E-state index in [1.54, 1.807) is 19.1 Å². The van der Waals surface area contributed by atoms with Crippen LogP contribution < -0.4 is 0 Å². The molecule has 18 heavy (non-hydrogen) atoms. The van der Waals surface area contributed by atoms with Crippen molar-refractivity contribution in [3.05, 3.63) is 34.9 Å². The number of ether oxygens (including phenoxy) is 1. The summed E-state index contributed by atoms with van der Waals surface area (Å²) in [5.74, 6) is -0.735. The number of fused-ring (bicyclic) bond motifs is 1. The van der Waals surface area contributed by atoms with Gasteiger partial charge in [-0.2, -0.15) is 0 Å². The number of alkyl halides is 1. The van der Waals surface area contributed by atoms with E-state index in [0.717, 1.165) is 11.1 Å². The van der Waals surface area contributed by atoms with Crippen LogP contribution in [-0.2, 0) is 21.6 Å². The molecule has 3 heteroatoms. The zero-order chi connectivity index (χ0) is 13.3. The quantitative estimate of drug-likeness (QED) is 0.768. The lowest BCUT2D eigenvalue weighted by atomic mass is 9.96. The number of halogens is 1. The fourth-order valence-corrected chi connectivity index (χ4v) is 2.41. The van der Waals surface area contributed by atoms with Crippen LogP contribution in [0.5, 0.6) is 0 Å². The number of hydrogen-bond acceptors (Lipinski definition) is 2. The topological polar surface area (TPSA) is 26.3 Å². The van der Waals surface area contributed by atoms with Gasteiger partial charge in [-0.1, -0.05) is 25.1 Å². The van der Waals surface area contributed by atoms with Crippen LogP contribution in [0, 0.1) is 6.92 Å². The van der Waals surface area contributed by atoms with E-state index in [4.69, 9.17) is 4.74 Å². The first-order valence-corrected chi connectivity index (χ1v) is 6.48. The highest BCUT2D eigenvalue weighted by atomic mass is 19.1. The molecule has 1 aromatic rings. The van der Waals surface area contributed by atoms with Crippen molar-refractivity contribution < 1.29 is 13.9 Å². The van der Waals surface area contributed by atoms with Crippen molar-refractivity contribution in [2.75, 3.05) is 0 Å². The van der Waals surface area contributed by atoms with Gasteiger partial charge in [-0.25, -0.2) is 9.18 Å². The molecule has 0 N–H and O–H groups in total. The van der Waals surface area contributed by atoms with Crippen LogP contribution in [0.2, 0.25) is 0 Å². The van der Waals surface area contributed by atoms with Crippen LogP contribution in [0.3, 0.4) is 0 Å². The minimum absolute atomic E-state index is 0.197. The Morgan fingerprint density at radius 2 is 2.28 bits per heavy atom. The molecule has 0 saturated carbocycles. The van der Waals surface area contributed by atoms with E-state index in [2.05, 4.69) is 0 Å². The van der Waals surface area contributed by atoms with Crippen LogP contribution in [0.1, 0.15) is 43.4 Å². The van der Waals surface area contributed by atoms with E-state index in [0.29, 0.717) is 18.4 Å². The minimum Gasteiger partial charge on any atom is -0.460 e. The van der Waals surface area contributed by atoms with E-state index in [9.17, 15) is 9.18 Å². The monoisotopic (exact) mass is 250 g/mol. The van der Waals surface area contributed by atoms with E-state index < -0.39 is 11.6 Å². The third-order valence-corrected chi connectivity index (χ3v) is 3.76. The average Bonchev–Trinajstić information content (AvgIpc) is 2.70. The second-order valence-electron chi connectivity index (χ2n) is 5.03. The van der Waals surface area contributed by atoms with Gasteiger partial charge in [-0.15, -0.1) is 0 Å². The fraction of sp³-hybridized carbons (Fsp3) is 0.533. The Labute approximate surface area is 107 Å². The lowest BCUT2D eigenvalue weighted by Crippen LogP contribution is -2.33. The molecule has 0 spiro atoms. The Morgan fingerprint density at radius 3 is 2.94 bits per heavy atom. The third-order valence-electron chi connectivity index (χ3n) is 3.76. The van der Waals surface area contributed by atoms with Gasteiger partial charge in [0.1, 0.15) is 0 Å². The van der Waals surface area contributed by atoms with Gasteiger partial charge in [0.25, 0.3) is 0 Å². The summed E-state index contributed by atoms with van der Waals surface area (Å²) in [5, 5.41) is 0. The molecule has 0 fully saturated rings. The number of benzene rings is 1. The van der Waals surface area contributed by atoms with Gasteiger partial charge in [-0.3, -0.25) is 0 Å². The lowest BCUT2D eigenvalue weighted by Gasteiger charge is -2.21. The lowest BCUT2D eigenvalue weighted by molar-refractivity contribution is -0.163. The standard InChI is InChI=1S/C15H19FO2/c1-4-11(3)18-14(17)15(16)9-8-12-10(2)6-5-7-13(12)15/h5-7,11H,4,8-9H2,1-3H3. The summed E-state index contributed by atoms with van der Waals surface area (Å²) >= 11 is 0. The second-order valence-corrected chi connectivity index (χ2v) is 5.03. The van der Waals surface area contributed by atoms with Crippen LogP contribution in [-0.4, -0.2) is 12.1 Å². The summed E-state index contributed by atoms with van der Waals surface area (Å²) in [5.41, 5.74) is 0.547. The Morgan fingerprint density at radius 1 is 1.56 bits per heavy atom. The van der Waals surface area contributed by atoms with Gasteiger partial charge in [0.05, 0.1) is 6.10 Å². The smallest absolute Gasteiger partial charge is 0.348 e. The molecule has 0 aliphatic heterocycles. The molecule has 0 radical (unpaired) electrons. The maximum atomic E-state index is 14.9. The van der Waals surface area contributed by atoms with Gasteiger partial charge in [-0.05, 0) is 37.8 Å². The number of aryl methyl sites for hydroxylation is 1. The molecule has 0 aromatic heterocycles. The molecule has 0 heterocycles. The predicted octanol–water partition coefficient (Wildman–Crippen LogP) is 3.45. The first-order chi connectivity index (χ1) is 8.49. The van der Waals surface area contributed by atoms with Crippen molar-refractivity contribution in [1.82, 2.24) is 0 Å². The van der Waals surface area contributed by atoms with E-state index in [1.165, 1.54) is 0 Å². The highest BCUT2D eigenvalue weighted by Gasteiger charge is 2.48. The summed E-state index contributed by atoms with van der Waals surface area (Å²) in [6.07, 6.45) is 1.26. The van der Waals surface area contributed by atoms with E-state index in [-0.39, 0.29) is 12.5 Å². The number of carbonyl (C=O) groups excluding carboxylic acids is 1. The van der Waals surface area contributed by atoms with Gasteiger partial charge in [0, 0.05) is 12.0 Å². The molecular weight excluding hydrogens is 231 g/mol. The van der Waals surface area contributed by atoms with Crippen molar-refractivity contribution in [3.8, 4) is 0 Å². The summed E-state index contributed by atoms with van der Waals surface area (Å²) in [4.78, 5) is 12.0. The number of esters is 1. The molecule has 0 saturated heterocycles. The minimum atomic E-state index is -1.95. The van der Waals surface area contributed by atoms with Crippen LogP contribution in [0.25, 0.3) is 0 Å². The Kier molecular flexibility index (Phi) is 3.42. The molecule has 0 bridgehead atoms. The molecule has 0 amide bonds. The summed E-state index contributed by atoms with van der Waals surface area (Å²) < 4.78 is 20.1. The Bertz CT molecular complexity index is 470. The molecular formula is C15H19FO2. The van der Waals surface area contributed by atoms with Crippen LogP contribution >= 0.6 is 0 Å². The van der Waals surface area contributed by atoms with Crippen molar-refractivity contribution in [1.29, 1.82) is 0 Å². The normalized spacial score (nSPS) is 23.6. The first-order valence-electron chi connectivity index (χ1n) is 6.48. The highest BCUT2D eigenvalue weighted by molar-refractivity contribution is 5.83. The van der Waals surface area contributed by atoms with Crippen molar-refractivity contribution in [2.24, 2.45) is 0 Å². The molecule has 2 nitrogen and oxygen atoms in total. The molecule has 1 aliphatic carbocycles. The number of rotatable bonds is 3. The predicted molar refractivity (Wildman–Crippen MR) is 68.1 cm³/mol. The maximum absolute atomic E-state index is 14.9. The summed E-state index contributed by atoms with van der Waals surface area (Å²) in [6, 6.07) is 5.45. The van der Waals surface area contributed by atoms with E-state index in [1.807, 2.05) is 19.9 Å². The summed E-state index contributed by atoms with van der Waals surface area (Å²) in [7, 11) is 0. The zero-order valence-corrected chi connectivity index (χ0v) is 11.1. The van der Waals surface area contributed by atoms with Gasteiger partial charge in [0.2, 0.25) is 5.67 Å². The van der Waals surface area contributed by atoms with Crippen molar-refractivity contribution >= 4 is 5.97 Å². The van der Waals surface area contributed by atoms with Crippen molar-refractivity contribution in [2.45, 2.75) is 51.8 Å². The number of hydrogen-bond donors (Lipinski definition) is 0. The largest absolute Gasteiger partial charge is 0.460 e. The second kappa shape index (κ2) is 4.71. The zero-order valence-electron chi connectivity index (χ0n) is 11.1. The third kappa shape index (κ3) is 2.02. The fourth-order valence-electron chi connectivity index (χ4n) is 2.41. The molecule has 1 aliphatic rings. The van der Waals surface area contributed by atoms with Crippen LogP contribution in [0.4, 0.5) is 4.39 Å². The van der Waals surface area contributed by atoms with Gasteiger partial charge in [0.15, 0.2) is 0 Å². The molecule has 2 atom stereocenters. The maximum Gasteiger partial charge on any atom is 0.348 e. The van der Waals surface area contributed by atoms with E-state index >= 15 is 0 Å². The number of carbonyl (C=O) groups is 1. The molecule has 98 valence electrons.